The highest BCUT2D eigenvalue weighted by atomic mass is 32.1. The van der Waals surface area contributed by atoms with E-state index in [4.69, 9.17) is 0 Å². The minimum atomic E-state index is 0.627. The summed E-state index contributed by atoms with van der Waals surface area (Å²) >= 11 is 4.24. The van der Waals surface area contributed by atoms with E-state index in [1.165, 1.54) is 17.5 Å². The zero-order chi connectivity index (χ0) is 12.7. The Hall–Kier alpha value is -0.470. The van der Waals surface area contributed by atoms with E-state index in [0.717, 1.165) is 25.3 Å². The molecule has 0 radical (unpaired) electrons. The van der Waals surface area contributed by atoms with E-state index < -0.39 is 0 Å². The third-order valence-electron chi connectivity index (χ3n) is 3.13. The molecule has 0 N–H and O–H groups in total. The van der Waals surface area contributed by atoms with Gasteiger partial charge in [-0.15, -0.1) is 0 Å². The van der Waals surface area contributed by atoms with Crippen LogP contribution in [-0.2, 0) is 6.42 Å². The maximum Gasteiger partial charge on any atom is 0.00188 e. The minimum absolute atomic E-state index is 0.627. The lowest BCUT2D eigenvalue weighted by Gasteiger charge is -2.16. The second kappa shape index (κ2) is 7.78. The van der Waals surface area contributed by atoms with Crippen LogP contribution in [0.15, 0.2) is 24.3 Å². The van der Waals surface area contributed by atoms with Crippen molar-refractivity contribution in [3.05, 3.63) is 35.4 Å². The summed E-state index contributed by atoms with van der Waals surface area (Å²) in [4.78, 5) is 2.38. The number of likely N-dealkylation sites (N-methyl/N-ethyl adjacent to an activating group) is 1. The molecule has 0 spiro atoms. The molecule has 0 aliphatic carbocycles. The molecule has 0 fully saturated rings. The van der Waals surface area contributed by atoms with Crippen LogP contribution in [0.4, 0.5) is 0 Å². The van der Waals surface area contributed by atoms with E-state index in [0.29, 0.717) is 5.92 Å². The number of hydrogen-bond donors (Lipinski definition) is 1. The van der Waals surface area contributed by atoms with Gasteiger partial charge in [-0.2, -0.15) is 12.6 Å². The summed E-state index contributed by atoms with van der Waals surface area (Å²) in [7, 11) is 2.19. The Balaban J connectivity index is 2.36. The molecule has 0 saturated carbocycles. The summed E-state index contributed by atoms with van der Waals surface area (Å²) in [6, 6.07) is 9.05. The van der Waals surface area contributed by atoms with Crippen LogP contribution in [0.3, 0.4) is 0 Å². The normalized spacial score (nSPS) is 11.4. The first-order valence-corrected chi connectivity index (χ1v) is 7.15. The highest BCUT2D eigenvalue weighted by Gasteiger charge is 2.01. The number of thiol groups is 1. The lowest BCUT2D eigenvalue weighted by Crippen LogP contribution is -2.22. The van der Waals surface area contributed by atoms with Gasteiger partial charge in [-0.05, 0) is 49.2 Å². The molecule has 2 heteroatoms. The fraction of sp³-hybridized carbons (Fsp3) is 0.600. The molecular weight excluding hydrogens is 226 g/mol. The second-order valence-electron chi connectivity index (χ2n) is 5.03. The van der Waals surface area contributed by atoms with Crippen molar-refractivity contribution in [2.45, 2.75) is 32.6 Å². The van der Waals surface area contributed by atoms with Gasteiger partial charge in [-0.3, -0.25) is 0 Å². The lowest BCUT2D eigenvalue weighted by molar-refractivity contribution is 0.340. The zero-order valence-corrected chi connectivity index (χ0v) is 12.2. The summed E-state index contributed by atoms with van der Waals surface area (Å²) in [6.45, 7) is 6.75. The van der Waals surface area contributed by atoms with Crippen molar-refractivity contribution >= 4 is 12.6 Å². The smallest absolute Gasteiger partial charge is 0.00188 e. The molecule has 1 nitrogen and oxygen atoms in total. The molecule has 17 heavy (non-hydrogen) atoms. The van der Waals surface area contributed by atoms with Crippen molar-refractivity contribution in [1.29, 1.82) is 0 Å². The van der Waals surface area contributed by atoms with Gasteiger partial charge in [0.15, 0.2) is 0 Å². The SMILES string of the molecule is CC(C)c1ccc(CCN(C)CCCS)cc1. The van der Waals surface area contributed by atoms with Crippen molar-refractivity contribution in [3.63, 3.8) is 0 Å². The molecule has 1 rings (SSSR count). The van der Waals surface area contributed by atoms with Crippen molar-refractivity contribution in [3.8, 4) is 0 Å². The van der Waals surface area contributed by atoms with Gasteiger partial charge in [0.25, 0.3) is 0 Å². The Morgan fingerprint density at radius 1 is 1.12 bits per heavy atom. The molecular formula is C15H25NS. The maximum absolute atomic E-state index is 4.24. The van der Waals surface area contributed by atoms with Crippen LogP contribution in [-0.4, -0.2) is 30.8 Å². The summed E-state index contributed by atoms with van der Waals surface area (Å²) in [5.74, 6) is 1.61. The summed E-state index contributed by atoms with van der Waals surface area (Å²) in [5.41, 5.74) is 2.87. The van der Waals surface area contributed by atoms with E-state index >= 15 is 0 Å². The monoisotopic (exact) mass is 251 g/mol. The van der Waals surface area contributed by atoms with Crippen LogP contribution < -0.4 is 0 Å². The van der Waals surface area contributed by atoms with Gasteiger partial charge >= 0.3 is 0 Å². The Bertz CT molecular complexity index is 305. The molecule has 0 aliphatic heterocycles. The molecule has 1 aromatic carbocycles. The first-order valence-electron chi connectivity index (χ1n) is 6.51. The van der Waals surface area contributed by atoms with Gasteiger partial charge in [0.05, 0.1) is 0 Å². The van der Waals surface area contributed by atoms with E-state index in [1.807, 2.05) is 0 Å². The number of rotatable bonds is 7. The van der Waals surface area contributed by atoms with E-state index in [9.17, 15) is 0 Å². The summed E-state index contributed by atoms with van der Waals surface area (Å²) in [5, 5.41) is 0. The Kier molecular flexibility index (Phi) is 6.68. The van der Waals surface area contributed by atoms with Crippen LogP contribution in [0.2, 0.25) is 0 Å². The number of nitrogens with zero attached hydrogens (tertiary/aromatic N) is 1. The first kappa shape index (κ1) is 14.6. The van der Waals surface area contributed by atoms with Gasteiger partial charge < -0.3 is 4.90 Å². The van der Waals surface area contributed by atoms with Crippen LogP contribution in [0.5, 0.6) is 0 Å². The molecule has 1 aromatic rings. The number of benzene rings is 1. The molecule has 0 amide bonds. The molecule has 0 unspecified atom stereocenters. The van der Waals surface area contributed by atoms with Crippen LogP contribution in [0, 0.1) is 0 Å². The topological polar surface area (TPSA) is 3.24 Å². The molecule has 0 aliphatic rings. The van der Waals surface area contributed by atoms with E-state index in [1.54, 1.807) is 0 Å². The van der Waals surface area contributed by atoms with Crippen LogP contribution in [0.25, 0.3) is 0 Å². The molecule has 0 saturated heterocycles. The first-order chi connectivity index (χ1) is 8.13. The highest BCUT2D eigenvalue weighted by Crippen LogP contribution is 2.14. The van der Waals surface area contributed by atoms with Crippen molar-refractivity contribution in [1.82, 2.24) is 4.90 Å². The van der Waals surface area contributed by atoms with Crippen molar-refractivity contribution in [2.75, 3.05) is 25.9 Å². The van der Waals surface area contributed by atoms with Crippen LogP contribution in [0.1, 0.15) is 37.3 Å². The fourth-order valence-electron chi connectivity index (χ4n) is 1.84. The molecule has 0 bridgehead atoms. The molecule has 96 valence electrons. The predicted molar refractivity (Wildman–Crippen MR) is 80.2 cm³/mol. The largest absolute Gasteiger partial charge is 0.306 e. The maximum atomic E-state index is 4.24. The molecule has 0 heterocycles. The Morgan fingerprint density at radius 2 is 1.76 bits per heavy atom. The fourth-order valence-corrected chi connectivity index (χ4v) is 1.98. The summed E-state index contributed by atoms with van der Waals surface area (Å²) < 4.78 is 0. The summed E-state index contributed by atoms with van der Waals surface area (Å²) in [6.07, 6.45) is 2.31. The second-order valence-corrected chi connectivity index (χ2v) is 5.47. The predicted octanol–water partition coefficient (Wildman–Crippen LogP) is 3.60. The van der Waals surface area contributed by atoms with Gasteiger partial charge in [0, 0.05) is 6.54 Å². The van der Waals surface area contributed by atoms with Gasteiger partial charge in [0.1, 0.15) is 0 Å². The standard InChI is InChI=1S/C15H25NS/c1-13(2)15-7-5-14(6-8-15)9-11-16(3)10-4-12-17/h5-8,13,17H,4,9-12H2,1-3H3. The van der Waals surface area contributed by atoms with Crippen molar-refractivity contribution < 1.29 is 0 Å². The van der Waals surface area contributed by atoms with Gasteiger partial charge in [0.2, 0.25) is 0 Å². The Morgan fingerprint density at radius 3 is 2.29 bits per heavy atom. The third kappa shape index (κ3) is 5.60. The quantitative estimate of drug-likeness (QED) is 0.725. The van der Waals surface area contributed by atoms with E-state index in [2.05, 4.69) is 62.7 Å². The van der Waals surface area contributed by atoms with Gasteiger partial charge in [-0.1, -0.05) is 38.1 Å². The molecule has 0 atom stereocenters. The molecule has 0 aromatic heterocycles. The third-order valence-corrected chi connectivity index (χ3v) is 3.44. The van der Waals surface area contributed by atoms with Gasteiger partial charge in [-0.25, -0.2) is 0 Å². The minimum Gasteiger partial charge on any atom is -0.306 e. The van der Waals surface area contributed by atoms with Crippen LogP contribution >= 0.6 is 12.6 Å². The zero-order valence-electron chi connectivity index (χ0n) is 11.3. The Labute approximate surface area is 112 Å². The number of hydrogen-bond acceptors (Lipinski definition) is 2. The highest BCUT2D eigenvalue weighted by molar-refractivity contribution is 7.80. The lowest BCUT2D eigenvalue weighted by atomic mass is 10.0. The average Bonchev–Trinajstić information content (AvgIpc) is 2.34. The average molecular weight is 251 g/mol. The van der Waals surface area contributed by atoms with E-state index in [-0.39, 0.29) is 0 Å². The van der Waals surface area contributed by atoms with Crippen molar-refractivity contribution in [2.24, 2.45) is 0 Å².